The van der Waals surface area contributed by atoms with E-state index < -0.39 is 23.2 Å². The maximum atomic E-state index is 12.7. The molecule has 0 fully saturated rings. The van der Waals surface area contributed by atoms with Gasteiger partial charge in [-0.15, -0.1) is 0 Å². The molecule has 0 aliphatic carbocycles. The van der Waals surface area contributed by atoms with Gasteiger partial charge in [0.15, 0.2) is 0 Å². The number of rotatable bonds is 2. The quantitative estimate of drug-likeness (QED) is 0.871. The molecule has 0 saturated heterocycles. The average molecular weight is 266 g/mol. The lowest BCUT2D eigenvalue weighted by Crippen LogP contribution is -2.32. The molecule has 1 N–H and O–H groups in total. The van der Waals surface area contributed by atoms with Crippen molar-refractivity contribution in [3.05, 3.63) is 34.3 Å². The van der Waals surface area contributed by atoms with Gasteiger partial charge in [0.05, 0.1) is 16.1 Å². The van der Waals surface area contributed by atoms with E-state index in [-0.39, 0.29) is 11.1 Å². The minimum absolute atomic E-state index is 0.210. The minimum Gasteiger partial charge on any atom is -0.350 e. The number of amides is 1. The SMILES string of the molecule is CC(C)NC(=O)c1c(Cl)cccc1C(F)(F)F. The van der Waals surface area contributed by atoms with E-state index in [4.69, 9.17) is 11.6 Å². The molecule has 0 bridgehead atoms. The van der Waals surface area contributed by atoms with Crippen molar-refractivity contribution in [3.8, 4) is 0 Å². The van der Waals surface area contributed by atoms with E-state index in [1.165, 1.54) is 6.07 Å². The lowest BCUT2D eigenvalue weighted by atomic mass is 10.1. The van der Waals surface area contributed by atoms with Crippen LogP contribution < -0.4 is 5.32 Å². The van der Waals surface area contributed by atoms with Crippen LogP contribution in [0.1, 0.15) is 29.8 Å². The Kier molecular flexibility index (Phi) is 4.03. The first-order valence-corrected chi connectivity index (χ1v) is 5.28. The molecule has 0 saturated carbocycles. The zero-order valence-corrected chi connectivity index (χ0v) is 9.99. The molecule has 0 unspecified atom stereocenters. The van der Waals surface area contributed by atoms with E-state index in [0.717, 1.165) is 12.1 Å². The van der Waals surface area contributed by atoms with E-state index in [2.05, 4.69) is 5.32 Å². The summed E-state index contributed by atoms with van der Waals surface area (Å²) in [4.78, 5) is 11.6. The van der Waals surface area contributed by atoms with Crippen molar-refractivity contribution in [1.82, 2.24) is 5.32 Å². The Labute approximate surface area is 102 Å². The van der Waals surface area contributed by atoms with Crippen LogP contribution in [0.2, 0.25) is 5.02 Å². The van der Waals surface area contributed by atoms with Crippen LogP contribution in [0.4, 0.5) is 13.2 Å². The Morgan fingerprint density at radius 3 is 2.41 bits per heavy atom. The van der Waals surface area contributed by atoms with Gasteiger partial charge in [0.2, 0.25) is 0 Å². The highest BCUT2D eigenvalue weighted by atomic mass is 35.5. The van der Waals surface area contributed by atoms with Gasteiger partial charge in [0.25, 0.3) is 5.91 Å². The van der Waals surface area contributed by atoms with E-state index >= 15 is 0 Å². The molecule has 1 amide bonds. The van der Waals surface area contributed by atoms with Crippen LogP contribution in [0.5, 0.6) is 0 Å². The summed E-state index contributed by atoms with van der Waals surface area (Å²) in [5.74, 6) is -0.821. The van der Waals surface area contributed by atoms with Gasteiger partial charge in [-0.3, -0.25) is 4.79 Å². The van der Waals surface area contributed by atoms with E-state index in [1.807, 2.05) is 0 Å². The lowest BCUT2D eigenvalue weighted by Gasteiger charge is -2.15. The highest BCUT2D eigenvalue weighted by Gasteiger charge is 2.36. The second-order valence-corrected chi connectivity index (χ2v) is 4.20. The fraction of sp³-hybridized carbons (Fsp3) is 0.364. The number of hydrogen-bond donors (Lipinski definition) is 1. The number of nitrogens with one attached hydrogen (secondary N) is 1. The molecule has 0 atom stereocenters. The fourth-order valence-electron chi connectivity index (χ4n) is 1.33. The zero-order chi connectivity index (χ0) is 13.2. The highest BCUT2D eigenvalue weighted by molar-refractivity contribution is 6.34. The van der Waals surface area contributed by atoms with Gasteiger partial charge in [-0.1, -0.05) is 17.7 Å². The summed E-state index contributed by atoms with van der Waals surface area (Å²) in [7, 11) is 0. The Morgan fingerprint density at radius 2 is 1.94 bits per heavy atom. The van der Waals surface area contributed by atoms with Crippen LogP contribution in [0.15, 0.2) is 18.2 Å². The molecule has 6 heteroatoms. The first-order valence-electron chi connectivity index (χ1n) is 4.90. The van der Waals surface area contributed by atoms with Crippen LogP contribution >= 0.6 is 11.6 Å². The van der Waals surface area contributed by atoms with E-state index in [9.17, 15) is 18.0 Å². The van der Waals surface area contributed by atoms with Crippen molar-refractivity contribution in [3.63, 3.8) is 0 Å². The number of alkyl halides is 3. The van der Waals surface area contributed by atoms with Crippen molar-refractivity contribution in [2.75, 3.05) is 0 Å². The molecule has 0 spiro atoms. The maximum absolute atomic E-state index is 12.7. The topological polar surface area (TPSA) is 29.1 Å². The molecule has 0 aliphatic rings. The predicted octanol–water partition coefficient (Wildman–Crippen LogP) is 3.50. The third-order valence-corrected chi connectivity index (χ3v) is 2.28. The second-order valence-electron chi connectivity index (χ2n) is 3.79. The van der Waals surface area contributed by atoms with Gasteiger partial charge in [0.1, 0.15) is 0 Å². The third kappa shape index (κ3) is 3.36. The average Bonchev–Trinajstić information content (AvgIpc) is 2.14. The molecule has 2 nitrogen and oxygen atoms in total. The molecule has 0 aromatic heterocycles. The Hall–Kier alpha value is -1.23. The summed E-state index contributed by atoms with van der Waals surface area (Å²) in [5.41, 5.74) is -1.56. The van der Waals surface area contributed by atoms with Crippen LogP contribution in [0, 0.1) is 0 Å². The van der Waals surface area contributed by atoms with Gasteiger partial charge in [0, 0.05) is 6.04 Å². The van der Waals surface area contributed by atoms with Crippen molar-refractivity contribution < 1.29 is 18.0 Å². The summed E-state index contributed by atoms with van der Waals surface area (Å²) in [6, 6.07) is 2.99. The highest BCUT2D eigenvalue weighted by Crippen LogP contribution is 2.34. The lowest BCUT2D eigenvalue weighted by molar-refractivity contribution is -0.137. The van der Waals surface area contributed by atoms with Gasteiger partial charge in [-0.05, 0) is 26.0 Å². The van der Waals surface area contributed by atoms with Crippen molar-refractivity contribution in [1.29, 1.82) is 0 Å². The molecule has 1 aromatic rings. The van der Waals surface area contributed by atoms with Crippen LogP contribution in [0.25, 0.3) is 0 Å². The summed E-state index contributed by atoms with van der Waals surface area (Å²) < 4.78 is 38.1. The first-order chi connectivity index (χ1) is 7.73. The first kappa shape index (κ1) is 13.8. The largest absolute Gasteiger partial charge is 0.417 e. The molecule has 0 heterocycles. The van der Waals surface area contributed by atoms with Crippen molar-refractivity contribution in [2.24, 2.45) is 0 Å². The normalized spacial score (nSPS) is 11.7. The Morgan fingerprint density at radius 1 is 1.35 bits per heavy atom. The van der Waals surface area contributed by atoms with Gasteiger partial charge in [-0.2, -0.15) is 13.2 Å². The number of carbonyl (C=O) groups excluding carboxylic acids is 1. The maximum Gasteiger partial charge on any atom is 0.417 e. The molecule has 0 radical (unpaired) electrons. The summed E-state index contributed by atoms with van der Waals surface area (Å²) in [6.07, 6.45) is -4.60. The Bertz CT molecular complexity index is 429. The summed E-state index contributed by atoms with van der Waals surface area (Å²) >= 11 is 5.65. The third-order valence-electron chi connectivity index (χ3n) is 1.97. The predicted molar refractivity (Wildman–Crippen MR) is 59.1 cm³/mol. The van der Waals surface area contributed by atoms with Gasteiger partial charge < -0.3 is 5.32 Å². The van der Waals surface area contributed by atoms with Crippen molar-refractivity contribution in [2.45, 2.75) is 26.1 Å². The van der Waals surface area contributed by atoms with E-state index in [1.54, 1.807) is 13.8 Å². The molecule has 17 heavy (non-hydrogen) atoms. The smallest absolute Gasteiger partial charge is 0.350 e. The molecular weight excluding hydrogens is 255 g/mol. The zero-order valence-electron chi connectivity index (χ0n) is 9.23. The molecular formula is C11H11ClF3NO. The number of hydrogen-bond acceptors (Lipinski definition) is 1. The van der Waals surface area contributed by atoms with Crippen LogP contribution in [-0.2, 0) is 6.18 Å². The Balaban J connectivity index is 3.26. The van der Waals surface area contributed by atoms with Crippen LogP contribution in [-0.4, -0.2) is 11.9 Å². The van der Waals surface area contributed by atoms with Crippen molar-refractivity contribution >= 4 is 17.5 Å². The monoisotopic (exact) mass is 265 g/mol. The van der Waals surface area contributed by atoms with Crippen LogP contribution in [0.3, 0.4) is 0 Å². The standard InChI is InChI=1S/C11H11ClF3NO/c1-6(2)16-10(17)9-7(11(13,14)15)4-3-5-8(9)12/h3-6H,1-2H3,(H,16,17). The number of benzene rings is 1. The molecule has 1 rings (SSSR count). The molecule has 1 aromatic carbocycles. The minimum atomic E-state index is -4.60. The number of carbonyl (C=O) groups is 1. The van der Waals surface area contributed by atoms with Gasteiger partial charge >= 0.3 is 6.18 Å². The number of halogens is 4. The summed E-state index contributed by atoms with van der Waals surface area (Å²) in [6.45, 7) is 3.31. The fourth-order valence-corrected chi connectivity index (χ4v) is 1.59. The molecule has 0 aliphatic heterocycles. The van der Waals surface area contributed by atoms with E-state index in [0.29, 0.717) is 0 Å². The molecule has 94 valence electrons. The second kappa shape index (κ2) is 4.96. The van der Waals surface area contributed by atoms with Gasteiger partial charge in [-0.25, -0.2) is 0 Å². The summed E-state index contributed by atoms with van der Waals surface area (Å²) in [5, 5.41) is 2.18.